The first-order chi connectivity index (χ1) is 15.6. The number of amides is 2. The van der Waals surface area contributed by atoms with Crippen molar-refractivity contribution >= 4 is 40.2 Å². The van der Waals surface area contributed by atoms with E-state index in [9.17, 15) is 9.59 Å². The zero-order valence-corrected chi connectivity index (χ0v) is 17.5. The van der Waals surface area contributed by atoms with Crippen LogP contribution >= 0.6 is 0 Å². The van der Waals surface area contributed by atoms with Crippen molar-refractivity contribution in [2.75, 3.05) is 5.32 Å². The number of anilines is 1. The van der Waals surface area contributed by atoms with E-state index >= 15 is 0 Å². The molecule has 3 N–H and O–H groups in total. The third-order valence-corrected chi connectivity index (χ3v) is 4.96. The fraction of sp³-hybridized carbons (Fsp3) is 0.0385. The van der Waals surface area contributed by atoms with E-state index in [0.29, 0.717) is 17.0 Å². The molecule has 4 rings (SSSR count). The molecule has 0 spiro atoms. The summed E-state index contributed by atoms with van der Waals surface area (Å²) < 4.78 is 0. The van der Waals surface area contributed by atoms with Crippen molar-refractivity contribution in [2.45, 2.75) is 6.92 Å². The summed E-state index contributed by atoms with van der Waals surface area (Å²) in [5.74, 6) is -0.492. The molecule has 0 radical (unpaired) electrons. The Morgan fingerprint density at radius 1 is 0.906 bits per heavy atom. The van der Waals surface area contributed by atoms with Crippen LogP contribution in [0.5, 0.6) is 0 Å². The van der Waals surface area contributed by atoms with Crippen LogP contribution in [-0.2, 0) is 4.79 Å². The molecule has 0 saturated heterocycles. The van der Waals surface area contributed by atoms with Crippen molar-refractivity contribution in [3.8, 4) is 0 Å². The lowest BCUT2D eigenvalue weighted by Crippen LogP contribution is -2.19. The van der Waals surface area contributed by atoms with E-state index in [1.165, 1.54) is 6.08 Å². The van der Waals surface area contributed by atoms with Gasteiger partial charge in [-0.2, -0.15) is 5.10 Å². The number of aromatic nitrogens is 1. The lowest BCUT2D eigenvalue weighted by atomic mass is 10.1. The van der Waals surface area contributed by atoms with Crippen LogP contribution in [0.4, 0.5) is 5.69 Å². The van der Waals surface area contributed by atoms with E-state index in [0.717, 1.165) is 22.0 Å². The number of hydrogen-bond donors (Lipinski definition) is 3. The van der Waals surface area contributed by atoms with E-state index in [2.05, 4.69) is 20.8 Å². The second kappa shape index (κ2) is 9.57. The fourth-order valence-corrected chi connectivity index (χ4v) is 3.23. The molecule has 1 heterocycles. The van der Waals surface area contributed by atoms with Crippen LogP contribution in [-0.4, -0.2) is 22.5 Å². The summed E-state index contributed by atoms with van der Waals surface area (Å²) >= 11 is 0. The van der Waals surface area contributed by atoms with Crippen LogP contribution in [0.15, 0.2) is 96.2 Å². The molecule has 0 aliphatic rings. The standard InChI is InChI=1S/C26H22N4O2/c1-18(29-30-26(32)23-17-27-24-10-6-5-9-22(23)24)20-12-14-21(15-13-20)28-25(31)16-11-19-7-3-2-4-8-19/h2-17,27H,1H3,(H,28,31)(H,30,32). The number of hydrazone groups is 1. The molecule has 0 unspecified atom stereocenters. The Balaban J connectivity index is 1.36. The molecule has 0 fully saturated rings. The monoisotopic (exact) mass is 422 g/mol. The highest BCUT2D eigenvalue weighted by molar-refractivity contribution is 6.08. The first-order valence-corrected chi connectivity index (χ1v) is 10.2. The molecular weight excluding hydrogens is 400 g/mol. The van der Waals surface area contributed by atoms with Gasteiger partial charge in [0.25, 0.3) is 5.91 Å². The topological polar surface area (TPSA) is 86.3 Å². The zero-order chi connectivity index (χ0) is 22.3. The number of carbonyl (C=O) groups is 2. The number of H-pyrrole nitrogens is 1. The number of rotatable bonds is 6. The van der Waals surface area contributed by atoms with Gasteiger partial charge in [0, 0.05) is 28.9 Å². The number of nitrogens with zero attached hydrogens (tertiary/aromatic N) is 1. The molecule has 32 heavy (non-hydrogen) atoms. The van der Waals surface area contributed by atoms with E-state index in [-0.39, 0.29) is 11.8 Å². The summed E-state index contributed by atoms with van der Waals surface area (Å²) in [5, 5.41) is 7.89. The summed E-state index contributed by atoms with van der Waals surface area (Å²) in [5.41, 5.74) is 7.16. The van der Waals surface area contributed by atoms with E-state index < -0.39 is 0 Å². The van der Waals surface area contributed by atoms with Gasteiger partial charge in [-0.1, -0.05) is 60.7 Å². The quantitative estimate of drug-likeness (QED) is 0.233. The first-order valence-electron chi connectivity index (χ1n) is 10.2. The fourth-order valence-electron chi connectivity index (χ4n) is 3.23. The number of hydrogen-bond acceptors (Lipinski definition) is 3. The van der Waals surface area contributed by atoms with Crippen molar-refractivity contribution in [1.82, 2.24) is 10.4 Å². The molecule has 0 bridgehead atoms. The highest BCUT2D eigenvalue weighted by atomic mass is 16.2. The van der Waals surface area contributed by atoms with Gasteiger partial charge < -0.3 is 10.3 Å². The molecule has 1 aromatic heterocycles. The van der Waals surface area contributed by atoms with Gasteiger partial charge in [-0.3, -0.25) is 9.59 Å². The van der Waals surface area contributed by atoms with E-state index in [1.54, 1.807) is 24.4 Å². The van der Waals surface area contributed by atoms with Crippen molar-refractivity contribution in [2.24, 2.45) is 5.10 Å². The van der Waals surface area contributed by atoms with Crippen molar-refractivity contribution in [1.29, 1.82) is 0 Å². The number of para-hydroxylation sites is 1. The predicted molar refractivity (Wildman–Crippen MR) is 129 cm³/mol. The van der Waals surface area contributed by atoms with Gasteiger partial charge in [0.05, 0.1) is 11.3 Å². The van der Waals surface area contributed by atoms with Gasteiger partial charge in [0.2, 0.25) is 5.91 Å². The molecule has 158 valence electrons. The Morgan fingerprint density at radius 3 is 2.41 bits per heavy atom. The van der Waals surface area contributed by atoms with Crippen molar-refractivity contribution in [3.05, 3.63) is 108 Å². The third kappa shape index (κ3) is 4.99. The maximum Gasteiger partial charge on any atom is 0.273 e. The Bertz CT molecular complexity index is 1300. The number of carbonyl (C=O) groups excluding carboxylic acids is 2. The molecule has 3 aromatic carbocycles. The normalized spacial score (nSPS) is 11.6. The second-order valence-electron chi connectivity index (χ2n) is 7.20. The third-order valence-electron chi connectivity index (χ3n) is 4.96. The largest absolute Gasteiger partial charge is 0.360 e. The molecule has 4 aromatic rings. The smallest absolute Gasteiger partial charge is 0.273 e. The van der Waals surface area contributed by atoms with Gasteiger partial charge in [0.15, 0.2) is 0 Å². The lowest BCUT2D eigenvalue weighted by Gasteiger charge is -2.05. The molecule has 0 atom stereocenters. The van der Waals surface area contributed by atoms with Gasteiger partial charge in [-0.15, -0.1) is 0 Å². The number of fused-ring (bicyclic) bond motifs is 1. The SMILES string of the molecule is CC(=NNC(=O)c1c[nH]c2ccccc12)c1ccc(NC(=O)C=Cc2ccccc2)cc1. The number of benzene rings is 3. The van der Waals surface area contributed by atoms with Crippen molar-refractivity contribution in [3.63, 3.8) is 0 Å². The van der Waals surface area contributed by atoms with E-state index in [1.807, 2.05) is 73.7 Å². The van der Waals surface area contributed by atoms with Gasteiger partial charge in [-0.05, 0) is 42.3 Å². The molecule has 0 saturated carbocycles. The summed E-state index contributed by atoms with van der Waals surface area (Å²) in [6, 6.07) is 24.5. The van der Waals surface area contributed by atoms with Crippen molar-refractivity contribution < 1.29 is 9.59 Å². The predicted octanol–water partition coefficient (Wildman–Crippen LogP) is 4.97. The number of aromatic amines is 1. The minimum Gasteiger partial charge on any atom is -0.360 e. The molecule has 0 aliphatic heterocycles. The molecule has 6 nitrogen and oxygen atoms in total. The van der Waals surface area contributed by atoms with Crippen LogP contribution in [0.3, 0.4) is 0 Å². The van der Waals surface area contributed by atoms with Crippen LogP contribution in [0.1, 0.15) is 28.4 Å². The molecule has 0 aliphatic carbocycles. The summed E-state index contributed by atoms with van der Waals surface area (Å²) in [6.45, 7) is 1.81. The highest BCUT2D eigenvalue weighted by Gasteiger charge is 2.11. The highest BCUT2D eigenvalue weighted by Crippen LogP contribution is 2.17. The van der Waals surface area contributed by atoms with Crippen LogP contribution in [0.2, 0.25) is 0 Å². The van der Waals surface area contributed by atoms with Crippen LogP contribution in [0.25, 0.3) is 17.0 Å². The average Bonchev–Trinajstić information content (AvgIpc) is 3.26. The Kier molecular flexibility index (Phi) is 6.22. The van der Waals surface area contributed by atoms with Gasteiger partial charge >= 0.3 is 0 Å². The maximum atomic E-state index is 12.5. The Morgan fingerprint density at radius 2 is 1.62 bits per heavy atom. The molecular formula is C26H22N4O2. The second-order valence-corrected chi connectivity index (χ2v) is 7.20. The minimum absolute atomic E-state index is 0.210. The lowest BCUT2D eigenvalue weighted by molar-refractivity contribution is -0.111. The van der Waals surface area contributed by atoms with Crippen LogP contribution < -0.4 is 10.7 Å². The molecule has 2 amide bonds. The summed E-state index contributed by atoms with van der Waals surface area (Å²) in [4.78, 5) is 27.7. The molecule has 6 heteroatoms. The first kappa shape index (κ1) is 20.8. The Hall–Kier alpha value is -4.45. The zero-order valence-electron chi connectivity index (χ0n) is 17.5. The summed E-state index contributed by atoms with van der Waals surface area (Å²) in [6.07, 6.45) is 4.93. The maximum absolute atomic E-state index is 12.5. The van der Waals surface area contributed by atoms with Gasteiger partial charge in [-0.25, -0.2) is 5.43 Å². The summed E-state index contributed by atoms with van der Waals surface area (Å²) in [7, 11) is 0. The number of nitrogens with one attached hydrogen (secondary N) is 3. The Labute approximate surface area is 185 Å². The minimum atomic E-state index is -0.282. The average molecular weight is 422 g/mol. The van der Waals surface area contributed by atoms with Gasteiger partial charge in [0.1, 0.15) is 0 Å². The van der Waals surface area contributed by atoms with Crippen LogP contribution in [0, 0.1) is 0 Å². The van der Waals surface area contributed by atoms with E-state index in [4.69, 9.17) is 0 Å².